The van der Waals surface area contributed by atoms with Crippen LogP contribution >= 0.6 is 0 Å². The number of hydrogen-bond acceptors (Lipinski definition) is 6. The van der Waals surface area contributed by atoms with Gasteiger partial charge in [0.1, 0.15) is 16.8 Å². The first-order chi connectivity index (χ1) is 15.5. The molecule has 0 aliphatic heterocycles. The third kappa shape index (κ3) is 4.28. The van der Waals surface area contributed by atoms with Gasteiger partial charge in [0.25, 0.3) is 5.91 Å². The Kier molecular flexibility index (Phi) is 6.34. The maximum atomic E-state index is 12.9. The summed E-state index contributed by atoms with van der Waals surface area (Å²) in [6.07, 6.45) is 0. The van der Waals surface area contributed by atoms with Gasteiger partial charge in [-0.2, -0.15) is 4.98 Å². The number of fused-ring (bicyclic) bond motifs is 3. The lowest BCUT2D eigenvalue weighted by Gasteiger charge is -2.11. The molecule has 0 saturated carbocycles. The van der Waals surface area contributed by atoms with Crippen molar-refractivity contribution in [3.63, 3.8) is 0 Å². The Hall–Kier alpha value is -3.49. The first-order valence-corrected chi connectivity index (χ1v) is 10.4. The van der Waals surface area contributed by atoms with Gasteiger partial charge in [0.15, 0.2) is 5.58 Å². The van der Waals surface area contributed by atoms with Crippen LogP contribution in [0.2, 0.25) is 0 Å². The molecule has 2 aromatic heterocycles. The topological polar surface area (TPSA) is 89.6 Å². The van der Waals surface area contributed by atoms with Gasteiger partial charge >= 0.3 is 5.69 Å². The largest absolute Gasteiger partial charge is 0.452 e. The number of nitrogens with zero attached hydrogens (tertiary/aromatic N) is 3. The molecule has 0 saturated heterocycles. The van der Waals surface area contributed by atoms with Crippen LogP contribution in [0, 0.1) is 0 Å². The van der Waals surface area contributed by atoms with Crippen LogP contribution < -0.4 is 11.0 Å². The number of rotatable bonds is 8. The Bertz CT molecular complexity index is 1310. The molecule has 1 N–H and O–H groups in total. The molecule has 2 aromatic carbocycles. The highest BCUT2D eigenvalue weighted by molar-refractivity contribution is 6.06. The van der Waals surface area contributed by atoms with Crippen molar-refractivity contribution in [2.45, 2.75) is 6.54 Å². The van der Waals surface area contributed by atoms with E-state index in [2.05, 4.69) is 10.3 Å². The average Bonchev–Trinajstić information content (AvgIpc) is 3.17. The molecule has 2 heterocycles. The number of ether oxygens (including phenoxy) is 1. The summed E-state index contributed by atoms with van der Waals surface area (Å²) in [7, 11) is 5.50. The summed E-state index contributed by atoms with van der Waals surface area (Å²) in [6, 6.07) is 14.6. The lowest BCUT2D eigenvalue weighted by Crippen LogP contribution is -2.31. The van der Waals surface area contributed by atoms with Crippen molar-refractivity contribution in [3.05, 3.63) is 64.6 Å². The number of methoxy groups -OCH3 is 1. The van der Waals surface area contributed by atoms with E-state index in [9.17, 15) is 9.59 Å². The van der Waals surface area contributed by atoms with E-state index in [-0.39, 0.29) is 11.6 Å². The molecule has 0 aliphatic carbocycles. The van der Waals surface area contributed by atoms with E-state index in [1.54, 1.807) is 35.9 Å². The standard InChI is InChI=1S/C24H26N4O4/c1-27(2)13-12-25-23(29)17-10-8-16(9-11-17)20-22-21(18-6-4-5-7-19(18)32-22)28(14-15-31-3)24(30)26-20/h4-11H,12-15H2,1-3H3,(H,25,29). The van der Waals surface area contributed by atoms with Crippen LogP contribution in [0.5, 0.6) is 0 Å². The monoisotopic (exact) mass is 434 g/mol. The molecule has 32 heavy (non-hydrogen) atoms. The van der Waals surface area contributed by atoms with Crippen molar-refractivity contribution >= 4 is 28.0 Å². The van der Waals surface area contributed by atoms with Crippen LogP contribution in [0.15, 0.2) is 57.7 Å². The highest BCUT2D eigenvalue weighted by Gasteiger charge is 2.19. The molecule has 0 atom stereocenters. The number of likely N-dealkylation sites (N-methyl/N-ethyl adjacent to an activating group) is 1. The fourth-order valence-corrected chi connectivity index (χ4v) is 3.62. The summed E-state index contributed by atoms with van der Waals surface area (Å²) >= 11 is 0. The first kappa shape index (κ1) is 21.7. The smallest absolute Gasteiger partial charge is 0.348 e. The molecule has 0 unspecified atom stereocenters. The van der Waals surface area contributed by atoms with E-state index in [4.69, 9.17) is 9.15 Å². The van der Waals surface area contributed by atoms with E-state index < -0.39 is 0 Å². The Balaban J connectivity index is 1.75. The molecule has 1 amide bonds. The lowest BCUT2D eigenvalue weighted by atomic mass is 10.1. The second-order valence-electron chi connectivity index (χ2n) is 7.80. The van der Waals surface area contributed by atoms with Crippen LogP contribution in [0.25, 0.3) is 33.3 Å². The molecule has 4 aromatic rings. The maximum absolute atomic E-state index is 12.9. The van der Waals surface area contributed by atoms with Gasteiger partial charge in [0.05, 0.1) is 13.2 Å². The predicted octanol–water partition coefficient (Wildman–Crippen LogP) is 2.75. The zero-order valence-corrected chi connectivity index (χ0v) is 18.4. The van der Waals surface area contributed by atoms with Crippen LogP contribution in [-0.2, 0) is 11.3 Å². The number of hydrogen-bond donors (Lipinski definition) is 1. The number of aromatic nitrogens is 2. The molecule has 0 spiro atoms. The quantitative estimate of drug-likeness (QED) is 0.459. The number of nitrogens with one attached hydrogen (secondary N) is 1. The zero-order chi connectivity index (χ0) is 22.7. The highest BCUT2D eigenvalue weighted by Crippen LogP contribution is 2.33. The molecule has 8 heteroatoms. The second-order valence-corrected chi connectivity index (χ2v) is 7.80. The maximum Gasteiger partial charge on any atom is 0.348 e. The Morgan fingerprint density at radius 3 is 2.62 bits per heavy atom. The molecule has 4 rings (SSSR count). The van der Waals surface area contributed by atoms with Crippen molar-refractivity contribution in [3.8, 4) is 11.3 Å². The van der Waals surface area contributed by atoms with Gasteiger partial charge in [0.2, 0.25) is 0 Å². The molecular formula is C24H26N4O4. The summed E-state index contributed by atoms with van der Waals surface area (Å²) in [5.74, 6) is -0.143. The van der Waals surface area contributed by atoms with E-state index in [0.29, 0.717) is 53.2 Å². The molecule has 0 aliphatic rings. The summed E-state index contributed by atoms with van der Waals surface area (Å²) in [5.41, 5.74) is 3.23. The number of amides is 1. The van der Waals surface area contributed by atoms with E-state index in [1.807, 2.05) is 43.3 Å². The van der Waals surface area contributed by atoms with Crippen molar-refractivity contribution in [1.82, 2.24) is 19.8 Å². The van der Waals surface area contributed by atoms with E-state index in [1.165, 1.54) is 0 Å². The minimum Gasteiger partial charge on any atom is -0.452 e. The van der Waals surface area contributed by atoms with Gasteiger partial charge < -0.3 is 19.4 Å². The van der Waals surface area contributed by atoms with Crippen molar-refractivity contribution in [2.24, 2.45) is 0 Å². The predicted molar refractivity (Wildman–Crippen MR) is 124 cm³/mol. The van der Waals surface area contributed by atoms with Crippen molar-refractivity contribution in [1.29, 1.82) is 0 Å². The summed E-state index contributed by atoms with van der Waals surface area (Å²) in [6.45, 7) is 2.08. The number of carbonyl (C=O) groups is 1. The van der Waals surface area contributed by atoms with Gasteiger partial charge in [-0.3, -0.25) is 9.36 Å². The summed E-state index contributed by atoms with van der Waals surface area (Å²) in [4.78, 5) is 31.6. The average molecular weight is 434 g/mol. The Labute approximate surface area is 185 Å². The third-order valence-corrected chi connectivity index (χ3v) is 5.28. The van der Waals surface area contributed by atoms with Crippen LogP contribution in [0.4, 0.5) is 0 Å². The minimum absolute atomic E-state index is 0.143. The van der Waals surface area contributed by atoms with Gasteiger partial charge in [-0.1, -0.05) is 24.3 Å². The highest BCUT2D eigenvalue weighted by atomic mass is 16.5. The molecule has 8 nitrogen and oxygen atoms in total. The summed E-state index contributed by atoms with van der Waals surface area (Å²) in [5, 5.41) is 3.74. The van der Waals surface area contributed by atoms with Crippen molar-refractivity contribution < 1.29 is 13.9 Å². The Morgan fingerprint density at radius 2 is 1.91 bits per heavy atom. The number of carbonyl (C=O) groups excluding carboxylic acids is 1. The van der Waals surface area contributed by atoms with Crippen LogP contribution in [-0.4, -0.2) is 61.3 Å². The first-order valence-electron chi connectivity index (χ1n) is 10.4. The molecule has 0 fully saturated rings. The van der Waals surface area contributed by atoms with Gasteiger partial charge in [0, 0.05) is 36.7 Å². The second kappa shape index (κ2) is 9.33. The minimum atomic E-state index is -0.374. The molecule has 166 valence electrons. The van der Waals surface area contributed by atoms with E-state index >= 15 is 0 Å². The van der Waals surface area contributed by atoms with Crippen LogP contribution in [0.1, 0.15) is 10.4 Å². The SMILES string of the molecule is COCCn1c(=O)nc(-c2ccc(C(=O)NCCN(C)C)cc2)c2oc3ccccc3c21. The number of benzene rings is 2. The fourth-order valence-electron chi connectivity index (χ4n) is 3.62. The molecule has 0 bridgehead atoms. The normalized spacial score (nSPS) is 11.5. The number of para-hydroxylation sites is 1. The number of furan rings is 1. The summed E-state index contributed by atoms with van der Waals surface area (Å²) < 4.78 is 12.9. The zero-order valence-electron chi connectivity index (χ0n) is 18.4. The molecular weight excluding hydrogens is 408 g/mol. The lowest BCUT2D eigenvalue weighted by molar-refractivity contribution is 0.0951. The van der Waals surface area contributed by atoms with Gasteiger partial charge in [-0.05, 0) is 38.4 Å². The van der Waals surface area contributed by atoms with Crippen molar-refractivity contribution in [2.75, 3.05) is 40.9 Å². The fraction of sp³-hybridized carbons (Fsp3) is 0.292. The Morgan fingerprint density at radius 1 is 1.16 bits per heavy atom. The van der Waals surface area contributed by atoms with Crippen LogP contribution in [0.3, 0.4) is 0 Å². The van der Waals surface area contributed by atoms with Gasteiger partial charge in [-0.15, -0.1) is 0 Å². The van der Waals surface area contributed by atoms with Gasteiger partial charge in [-0.25, -0.2) is 4.79 Å². The van der Waals surface area contributed by atoms with E-state index in [0.717, 1.165) is 11.9 Å². The third-order valence-electron chi connectivity index (χ3n) is 5.28. The molecule has 0 radical (unpaired) electrons.